The molecule has 1 atom stereocenters. The number of amides is 2. The van der Waals surface area contributed by atoms with Crippen LogP contribution in [0.15, 0.2) is 28.2 Å². The lowest BCUT2D eigenvalue weighted by atomic mass is 9.98. The number of nitrogens with one attached hydrogen (secondary N) is 1. The van der Waals surface area contributed by atoms with Crippen LogP contribution in [0.2, 0.25) is 0 Å². The van der Waals surface area contributed by atoms with Crippen LogP contribution in [0.5, 0.6) is 0 Å². The SMILES string of the molecule is CCC(=O)NCc1csc([C@H]2CCCN(C(=O)c3ccco3)C2)n1. The summed E-state index contributed by atoms with van der Waals surface area (Å²) in [6.45, 7) is 3.70. The quantitative estimate of drug-likeness (QED) is 0.902. The summed E-state index contributed by atoms with van der Waals surface area (Å²) in [5.74, 6) is 0.602. The lowest BCUT2D eigenvalue weighted by Gasteiger charge is -2.31. The van der Waals surface area contributed by atoms with Crippen molar-refractivity contribution in [3.8, 4) is 0 Å². The molecule has 2 amide bonds. The number of furan rings is 1. The number of aromatic nitrogens is 1. The lowest BCUT2D eigenvalue weighted by Crippen LogP contribution is -2.39. The van der Waals surface area contributed by atoms with Gasteiger partial charge in [-0.25, -0.2) is 4.98 Å². The number of piperidine rings is 1. The summed E-state index contributed by atoms with van der Waals surface area (Å²) < 4.78 is 5.21. The van der Waals surface area contributed by atoms with Gasteiger partial charge < -0.3 is 14.6 Å². The summed E-state index contributed by atoms with van der Waals surface area (Å²) in [6.07, 6.45) is 3.98. The Kier molecular flexibility index (Phi) is 5.30. The Morgan fingerprint density at radius 3 is 3.12 bits per heavy atom. The van der Waals surface area contributed by atoms with Gasteiger partial charge in [0.05, 0.1) is 23.5 Å². The zero-order chi connectivity index (χ0) is 16.9. The van der Waals surface area contributed by atoms with E-state index in [1.807, 2.05) is 17.2 Å². The van der Waals surface area contributed by atoms with Crippen LogP contribution in [-0.4, -0.2) is 34.8 Å². The first-order valence-electron chi connectivity index (χ1n) is 8.21. The molecule has 2 aromatic heterocycles. The molecule has 0 aromatic carbocycles. The number of thiazole rings is 1. The standard InChI is InChI=1S/C17H21N3O3S/c1-2-15(21)18-9-13-11-24-16(19-13)12-5-3-7-20(10-12)17(22)14-6-4-8-23-14/h4,6,8,11-12H,2-3,5,7,9-10H2,1H3,(H,18,21)/t12-/m0/s1. The minimum absolute atomic E-state index is 0.0254. The Labute approximate surface area is 144 Å². The zero-order valence-corrected chi connectivity index (χ0v) is 14.5. The second-order valence-electron chi connectivity index (χ2n) is 5.87. The van der Waals surface area contributed by atoms with Crippen LogP contribution in [-0.2, 0) is 11.3 Å². The van der Waals surface area contributed by atoms with Gasteiger partial charge in [0.2, 0.25) is 5.91 Å². The van der Waals surface area contributed by atoms with Crippen molar-refractivity contribution in [3.05, 3.63) is 40.2 Å². The Hall–Kier alpha value is -2.15. The predicted molar refractivity (Wildman–Crippen MR) is 90.8 cm³/mol. The number of carbonyl (C=O) groups excluding carboxylic acids is 2. The van der Waals surface area contributed by atoms with E-state index in [9.17, 15) is 9.59 Å². The number of rotatable bonds is 5. The fraction of sp³-hybridized carbons (Fsp3) is 0.471. The van der Waals surface area contributed by atoms with Crippen LogP contribution >= 0.6 is 11.3 Å². The molecule has 0 bridgehead atoms. The molecule has 1 aliphatic heterocycles. The number of nitrogens with zero attached hydrogens (tertiary/aromatic N) is 2. The number of hydrogen-bond donors (Lipinski definition) is 1. The average molecular weight is 347 g/mol. The molecule has 1 N–H and O–H groups in total. The maximum Gasteiger partial charge on any atom is 0.289 e. The third kappa shape index (κ3) is 3.84. The third-order valence-electron chi connectivity index (χ3n) is 4.15. The summed E-state index contributed by atoms with van der Waals surface area (Å²) in [5.41, 5.74) is 0.881. The molecule has 1 fully saturated rings. The highest BCUT2D eigenvalue weighted by Gasteiger charge is 2.28. The molecular formula is C17H21N3O3S. The first-order valence-corrected chi connectivity index (χ1v) is 9.09. The van der Waals surface area contributed by atoms with Crippen LogP contribution in [0.1, 0.15) is 53.4 Å². The van der Waals surface area contributed by atoms with Crippen molar-refractivity contribution >= 4 is 23.2 Å². The van der Waals surface area contributed by atoms with Crippen LogP contribution in [0.25, 0.3) is 0 Å². The van der Waals surface area contributed by atoms with Crippen LogP contribution in [0, 0.1) is 0 Å². The number of carbonyl (C=O) groups is 2. The molecule has 1 saturated heterocycles. The fourth-order valence-electron chi connectivity index (χ4n) is 2.82. The highest BCUT2D eigenvalue weighted by molar-refractivity contribution is 7.09. The van der Waals surface area contributed by atoms with Gasteiger partial charge in [0, 0.05) is 30.8 Å². The van der Waals surface area contributed by atoms with Gasteiger partial charge in [0.25, 0.3) is 5.91 Å². The van der Waals surface area contributed by atoms with Crippen molar-refractivity contribution in [1.29, 1.82) is 0 Å². The van der Waals surface area contributed by atoms with Crippen LogP contribution in [0.3, 0.4) is 0 Å². The Morgan fingerprint density at radius 1 is 1.50 bits per heavy atom. The molecule has 0 spiro atoms. The van der Waals surface area contributed by atoms with E-state index in [0.29, 0.717) is 25.3 Å². The molecule has 3 heterocycles. The molecule has 1 aliphatic rings. The van der Waals surface area contributed by atoms with Gasteiger partial charge in [-0.1, -0.05) is 6.92 Å². The molecule has 2 aromatic rings. The van der Waals surface area contributed by atoms with Gasteiger partial charge in [0.15, 0.2) is 5.76 Å². The van der Waals surface area contributed by atoms with E-state index in [-0.39, 0.29) is 17.7 Å². The highest BCUT2D eigenvalue weighted by Crippen LogP contribution is 2.30. The summed E-state index contributed by atoms with van der Waals surface area (Å²) in [4.78, 5) is 30.2. The van der Waals surface area contributed by atoms with E-state index in [1.165, 1.54) is 6.26 Å². The van der Waals surface area contributed by atoms with Crippen LogP contribution < -0.4 is 5.32 Å². The first-order chi connectivity index (χ1) is 11.7. The summed E-state index contributed by atoms with van der Waals surface area (Å²) in [7, 11) is 0. The maximum atomic E-state index is 12.4. The van der Waals surface area contributed by atoms with E-state index < -0.39 is 0 Å². The molecule has 6 nitrogen and oxygen atoms in total. The van der Waals surface area contributed by atoms with Gasteiger partial charge in [0.1, 0.15) is 0 Å². The molecule has 7 heteroatoms. The van der Waals surface area contributed by atoms with Crippen molar-refractivity contribution in [3.63, 3.8) is 0 Å². The van der Waals surface area contributed by atoms with Gasteiger partial charge in [-0.15, -0.1) is 11.3 Å². The number of hydrogen-bond acceptors (Lipinski definition) is 5. The van der Waals surface area contributed by atoms with Crippen molar-refractivity contribution in [2.24, 2.45) is 0 Å². The molecule has 24 heavy (non-hydrogen) atoms. The second kappa shape index (κ2) is 7.61. The van der Waals surface area contributed by atoms with Crippen molar-refractivity contribution in [1.82, 2.24) is 15.2 Å². The highest BCUT2D eigenvalue weighted by atomic mass is 32.1. The monoisotopic (exact) mass is 347 g/mol. The van der Waals surface area contributed by atoms with E-state index in [4.69, 9.17) is 4.42 Å². The summed E-state index contributed by atoms with van der Waals surface area (Å²) in [6, 6.07) is 3.43. The van der Waals surface area contributed by atoms with Crippen molar-refractivity contribution in [2.75, 3.05) is 13.1 Å². The molecule has 0 saturated carbocycles. The van der Waals surface area contributed by atoms with Crippen LogP contribution in [0.4, 0.5) is 0 Å². The minimum atomic E-state index is -0.0586. The molecular weight excluding hydrogens is 326 g/mol. The van der Waals surface area contributed by atoms with Gasteiger partial charge in [-0.3, -0.25) is 9.59 Å². The molecule has 128 valence electrons. The average Bonchev–Trinajstić information content (AvgIpc) is 3.30. The minimum Gasteiger partial charge on any atom is -0.459 e. The summed E-state index contributed by atoms with van der Waals surface area (Å²) >= 11 is 1.60. The van der Waals surface area contributed by atoms with Gasteiger partial charge >= 0.3 is 0 Å². The lowest BCUT2D eigenvalue weighted by molar-refractivity contribution is -0.120. The first kappa shape index (κ1) is 16.7. The topological polar surface area (TPSA) is 75.4 Å². The zero-order valence-electron chi connectivity index (χ0n) is 13.7. The molecule has 0 unspecified atom stereocenters. The summed E-state index contributed by atoms with van der Waals surface area (Å²) in [5, 5.41) is 5.86. The third-order valence-corrected chi connectivity index (χ3v) is 5.20. The number of likely N-dealkylation sites (tertiary alicyclic amines) is 1. The van der Waals surface area contributed by atoms with Crippen molar-refractivity contribution < 1.29 is 14.0 Å². The smallest absolute Gasteiger partial charge is 0.289 e. The van der Waals surface area contributed by atoms with Gasteiger partial charge in [-0.2, -0.15) is 0 Å². The van der Waals surface area contributed by atoms with E-state index >= 15 is 0 Å². The fourth-order valence-corrected chi connectivity index (χ4v) is 3.77. The second-order valence-corrected chi connectivity index (χ2v) is 6.76. The van der Waals surface area contributed by atoms with E-state index in [0.717, 1.165) is 30.1 Å². The Balaban J connectivity index is 1.61. The largest absolute Gasteiger partial charge is 0.459 e. The molecule has 0 aliphatic carbocycles. The molecule has 3 rings (SSSR count). The Morgan fingerprint density at radius 2 is 2.38 bits per heavy atom. The van der Waals surface area contributed by atoms with E-state index in [1.54, 1.807) is 23.5 Å². The van der Waals surface area contributed by atoms with Gasteiger partial charge in [-0.05, 0) is 25.0 Å². The van der Waals surface area contributed by atoms with E-state index in [2.05, 4.69) is 10.3 Å². The Bertz CT molecular complexity index is 696. The maximum absolute atomic E-state index is 12.4. The predicted octanol–water partition coefficient (Wildman–Crippen LogP) is 2.78. The molecule has 0 radical (unpaired) electrons. The van der Waals surface area contributed by atoms with Crippen molar-refractivity contribution in [2.45, 2.75) is 38.6 Å². The normalized spacial score (nSPS) is 17.7.